The number of nitrogens with two attached hydrogens (primary N) is 1. The predicted molar refractivity (Wildman–Crippen MR) is 157 cm³/mol. The van der Waals surface area contributed by atoms with Gasteiger partial charge in [0, 0.05) is 53.8 Å². The van der Waals surface area contributed by atoms with Crippen molar-refractivity contribution in [2.45, 2.75) is 47.2 Å². The maximum atomic E-state index is 13.9. The topological polar surface area (TPSA) is 151 Å². The number of nitrogens with one attached hydrogen (secondary N) is 1. The molecule has 220 valence electrons. The Hall–Kier alpha value is -5.05. The van der Waals surface area contributed by atoms with Crippen molar-refractivity contribution >= 4 is 44.7 Å². The molecule has 0 saturated heterocycles. The van der Waals surface area contributed by atoms with Crippen molar-refractivity contribution in [2.75, 3.05) is 5.32 Å². The average Bonchev–Trinajstić information content (AvgIpc) is 3.76. The molecule has 12 nitrogen and oxygen atoms in total. The largest absolute Gasteiger partial charge is 0.365 e. The van der Waals surface area contributed by atoms with Crippen LogP contribution in [0.25, 0.3) is 38.2 Å². The molecule has 0 aliphatic carbocycles. The number of carbonyl (C=O) groups excluding carboxylic acids is 2. The number of amides is 2. The lowest BCUT2D eigenvalue weighted by atomic mass is 10.0. The summed E-state index contributed by atoms with van der Waals surface area (Å²) in [6.07, 6.45) is 2.21. The van der Waals surface area contributed by atoms with Crippen molar-refractivity contribution < 1.29 is 18.4 Å². The lowest BCUT2D eigenvalue weighted by molar-refractivity contribution is 0.100. The molecule has 6 heterocycles. The predicted octanol–water partition coefficient (Wildman–Crippen LogP) is 5.01. The first-order valence-electron chi connectivity index (χ1n) is 13.4. The van der Waals surface area contributed by atoms with Gasteiger partial charge in [0.25, 0.3) is 18.2 Å². The maximum absolute atomic E-state index is 13.9. The molecular weight excluding hydrogens is 578 g/mol. The van der Waals surface area contributed by atoms with E-state index >= 15 is 0 Å². The van der Waals surface area contributed by atoms with Gasteiger partial charge < -0.3 is 11.1 Å². The van der Waals surface area contributed by atoms with Crippen LogP contribution in [-0.4, -0.2) is 51.0 Å². The number of alkyl halides is 2. The highest BCUT2D eigenvalue weighted by molar-refractivity contribution is 7.21. The second-order valence-corrected chi connectivity index (χ2v) is 10.8. The Labute approximate surface area is 247 Å². The molecule has 15 heteroatoms. The number of pyridine rings is 1. The second kappa shape index (κ2) is 10.7. The first kappa shape index (κ1) is 28.1. The van der Waals surface area contributed by atoms with Gasteiger partial charge in [-0.3, -0.25) is 19.0 Å². The van der Waals surface area contributed by atoms with Crippen LogP contribution in [0, 0.1) is 13.8 Å². The number of hydrogen-bond acceptors (Lipinski definition) is 8. The van der Waals surface area contributed by atoms with Crippen LogP contribution < -0.4 is 11.1 Å². The third-order valence-electron chi connectivity index (χ3n) is 7.20. The van der Waals surface area contributed by atoms with Crippen molar-refractivity contribution in [1.29, 1.82) is 0 Å². The lowest BCUT2D eigenvalue weighted by Gasteiger charge is -2.10. The Kier molecular flexibility index (Phi) is 6.96. The molecule has 6 rings (SSSR count). The first-order chi connectivity index (χ1) is 20.6. The number of thiophene rings is 1. The summed E-state index contributed by atoms with van der Waals surface area (Å²) >= 11 is 0.831. The zero-order valence-corrected chi connectivity index (χ0v) is 24.4. The van der Waals surface area contributed by atoms with E-state index in [-0.39, 0.29) is 21.1 Å². The Morgan fingerprint density at radius 1 is 1.09 bits per heavy atom. The molecule has 6 aromatic heterocycles. The third kappa shape index (κ3) is 4.70. The lowest BCUT2D eigenvalue weighted by Crippen LogP contribution is -2.17. The van der Waals surface area contributed by atoms with Gasteiger partial charge in [-0.2, -0.15) is 15.3 Å². The van der Waals surface area contributed by atoms with Crippen molar-refractivity contribution in [3.8, 4) is 22.4 Å². The summed E-state index contributed by atoms with van der Waals surface area (Å²) in [5.74, 6) is -1.49. The van der Waals surface area contributed by atoms with Gasteiger partial charge in [-0.15, -0.1) is 11.3 Å². The highest BCUT2D eigenvalue weighted by atomic mass is 32.1. The molecule has 0 bridgehead atoms. The molecule has 6 aromatic rings. The second-order valence-electron chi connectivity index (χ2n) is 9.77. The number of carbonyl (C=O) groups is 2. The minimum atomic E-state index is -2.87. The van der Waals surface area contributed by atoms with Gasteiger partial charge in [0.15, 0.2) is 11.3 Å². The Balaban J connectivity index is 1.49. The summed E-state index contributed by atoms with van der Waals surface area (Å²) in [6, 6.07) is 4.55. The van der Waals surface area contributed by atoms with Gasteiger partial charge in [0.2, 0.25) is 0 Å². The summed E-state index contributed by atoms with van der Waals surface area (Å²) in [4.78, 5) is 34.8. The summed E-state index contributed by atoms with van der Waals surface area (Å²) in [5.41, 5.74) is 9.67. The van der Waals surface area contributed by atoms with E-state index in [1.54, 1.807) is 40.8 Å². The smallest absolute Gasteiger partial charge is 0.280 e. The summed E-state index contributed by atoms with van der Waals surface area (Å²) in [7, 11) is 0. The Bertz CT molecular complexity index is 2060. The fraction of sp³-hybridized carbons (Fsp3) is 0.250. The normalized spacial score (nSPS) is 11.7. The molecule has 2 amide bonds. The summed E-state index contributed by atoms with van der Waals surface area (Å²) < 4.78 is 32.9. The minimum absolute atomic E-state index is 0.0175. The van der Waals surface area contributed by atoms with Gasteiger partial charge in [0.05, 0.1) is 23.3 Å². The van der Waals surface area contributed by atoms with E-state index in [0.717, 1.165) is 22.6 Å². The quantitative estimate of drug-likeness (QED) is 0.248. The number of primary amides is 1. The number of nitrogens with zero attached hydrogens (tertiary/aromatic N) is 8. The number of aryl methyl sites for hydroxylation is 3. The van der Waals surface area contributed by atoms with Crippen LogP contribution in [0.3, 0.4) is 0 Å². The monoisotopic (exact) mass is 604 g/mol. The summed E-state index contributed by atoms with van der Waals surface area (Å²) in [6.45, 7) is 8.83. The molecule has 0 atom stereocenters. The Morgan fingerprint density at radius 2 is 1.88 bits per heavy atom. The number of fused-ring (bicyclic) bond motifs is 2. The molecule has 0 radical (unpaired) electrons. The number of aromatic nitrogens is 8. The van der Waals surface area contributed by atoms with Gasteiger partial charge in [-0.05, 0) is 45.4 Å². The number of rotatable bonds is 8. The van der Waals surface area contributed by atoms with Gasteiger partial charge in [-0.25, -0.2) is 23.3 Å². The fourth-order valence-corrected chi connectivity index (χ4v) is 6.10. The van der Waals surface area contributed by atoms with Crippen molar-refractivity contribution in [3.05, 3.63) is 64.4 Å². The molecule has 43 heavy (non-hydrogen) atoms. The minimum Gasteiger partial charge on any atom is -0.365 e. The van der Waals surface area contributed by atoms with Crippen LogP contribution in [0.1, 0.15) is 57.5 Å². The van der Waals surface area contributed by atoms with Crippen LogP contribution in [0.2, 0.25) is 0 Å². The fourth-order valence-electron chi connectivity index (χ4n) is 5.08. The molecule has 0 aromatic carbocycles. The van der Waals surface area contributed by atoms with Gasteiger partial charge in [-0.1, -0.05) is 0 Å². The molecule has 0 unspecified atom stereocenters. The molecular formula is C28H26F2N10O2S. The average molecular weight is 605 g/mol. The standard InChI is InChI=1S/C28H26F2N10O2S/c1-5-38-12-17(13(3)36-38)15-9-18(25(29)30)34-28-22(15)23(24(43-28)26(31)41)35-27(42)19-10-21-32-8-7-20(40(21)37-19)16-11-33-39(6-2)14(16)4/h7-12,25H,5-6H2,1-4H3,(H2,31,41)(H,35,42). The molecule has 0 aliphatic rings. The molecule has 0 aliphatic heterocycles. The van der Waals surface area contributed by atoms with Crippen molar-refractivity contribution in [2.24, 2.45) is 5.73 Å². The molecule has 0 saturated carbocycles. The Morgan fingerprint density at radius 3 is 2.53 bits per heavy atom. The third-order valence-corrected chi connectivity index (χ3v) is 8.30. The van der Waals surface area contributed by atoms with Gasteiger partial charge >= 0.3 is 0 Å². The maximum Gasteiger partial charge on any atom is 0.280 e. The van der Waals surface area contributed by atoms with Crippen LogP contribution in [-0.2, 0) is 13.1 Å². The first-order valence-corrected chi connectivity index (χ1v) is 14.2. The zero-order chi connectivity index (χ0) is 30.6. The molecule has 0 fully saturated rings. The van der Waals surface area contributed by atoms with E-state index in [1.807, 2.05) is 25.5 Å². The van der Waals surface area contributed by atoms with Crippen molar-refractivity contribution in [3.63, 3.8) is 0 Å². The van der Waals surface area contributed by atoms with E-state index in [4.69, 9.17) is 5.73 Å². The van der Waals surface area contributed by atoms with Crippen LogP contribution in [0.5, 0.6) is 0 Å². The van der Waals surface area contributed by atoms with E-state index < -0.39 is 23.9 Å². The van der Waals surface area contributed by atoms with E-state index in [1.165, 1.54) is 12.1 Å². The number of anilines is 1. The summed E-state index contributed by atoms with van der Waals surface area (Å²) in [5, 5.41) is 16.4. The number of halogens is 2. The molecule has 0 spiro atoms. The highest BCUT2D eigenvalue weighted by Gasteiger charge is 2.27. The van der Waals surface area contributed by atoms with Crippen molar-refractivity contribution in [1.82, 2.24) is 39.1 Å². The highest BCUT2D eigenvalue weighted by Crippen LogP contribution is 2.43. The van der Waals surface area contributed by atoms with E-state index in [2.05, 4.69) is 30.6 Å². The number of hydrogen-bond donors (Lipinski definition) is 2. The van der Waals surface area contributed by atoms with E-state index in [9.17, 15) is 18.4 Å². The zero-order valence-electron chi connectivity index (χ0n) is 23.6. The van der Waals surface area contributed by atoms with Crippen LogP contribution >= 0.6 is 11.3 Å². The SMILES string of the molecule is CCn1cc(-c2cc(C(F)F)nc3sc(C(N)=O)c(NC(=O)c4cc5nccc(-c6cnn(CC)c6C)n5n4)c23)c(C)n1. The van der Waals surface area contributed by atoms with E-state index in [0.29, 0.717) is 46.6 Å². The molecule has 3 N–H and O–H groups in total. The van der Waals surface area contributed by atoms with Crippen LogP contribution in [0.15, 0.2) is 36.8 Å². The van der Waals surface area contributed by atoms with Gasteiger partial charge in [0.1, 0.15) is 15.4 Å². The van der Waals surface area contributed by atoms with Crippen LogP contribution in [0.4, 0.5) is 14.5 Å².